The van der Waals surface area contributed by atoms with Crippen LogP contribution in [0, 0.1) is 10.1 Å². The number of hydrogen-bond donors (Lipinski definition) is 1. The maximum absolute atomic E-state index is 11.1. The second kappa shape index (κ2) is 6.39. The molecule has 0 spiro atoms. The summed E-state index contributed by atoms with van der Waals surface area (Å²) in [7, 11) is 4.16. The van der Waals surface area contributed by atoms with Gasteiger partial charge in [0.1, 0.15) is 10.7 Å². The van der Waals surface area contributed by atoms with Gasteiger partial charge in [-0.05, 0) is 26.2 Å². The largest absolute Gasteiger partial charge is 0.378 e. The van der Waals surface area contributed by atoms with Crippen LogP contribution in [0.4, 0.5) is 11.4 Å². The van der Waals surface area contributed by atoms with Crippen LogP contribution in [0.1, 0.15) is 0 Å². The van der Waals surface area contributed by atoms with Crippen molar-refractivity contribution in [2.24, 2.45) is 0 Å². The molecule has 7 heteroatoms. The number of nitrogens with zero attached hydrogens (tertiary/aromatic N) is 3. The minimum absolute atomic E-state index is 0.0546. The Labute approximate surface area is 123 Å². The van der Waals surface area contributed by atoms with Gasteiger partial charge in [-0.15, -0.1) is 0 Å². The van der Waals surface area contributed by atoms with Gasteiger partial charge in [-0.2, -0.15) is 0 Å². The van der Waals surface area contributed by atoms with E-state index in [1.807, 2.05) is 0 Å². The summed E-state index contributed by atoms with van der Waals surface area (Å²) in [5.74, 6) is 0. The van der Waals surface area contributed by atoms with Gasteiger partial charge in [-0.3, -0.25) is 15.0 Å². The maximum atomic E-state index is 11.1. The molecule has 0 radical (unpaired) electrons. The van der Waals surface area contributed by atoms with Crippen molar-refractivity contribution in [3.8, 4) is 0 Å². The lowest BCUT2D eigenvalue weighted by Crippen LogP contribution is -2.52. The van der Waals surface area contributed by atoms with Crippen molar-refractivity contribution >= 4 is 23.0 Å². The molecule has 110 valence electrons. The van der Waals surface area contributed by atoms with Gasteiger partial charge in [-0.1, -0.05) is 17.7 Å². The van der Waals surface area contributed by atoms with Gasteiger partial charge in [0.15, 0.2) is 0 Å². The van der Waals surface area contributed by atoms with E-state index < -0.39 is 4.92 Å². The molecule has 1 aliphatic rings. The highest BCUT2D eigenvalue weighted by Gasteiger charge is 2.24. The van der Waals surface area contributed by atoms with Crippen molar-refractivity contribution in [2.45, 2.75) is 6.04 Å². The van der Waals surface area contributed by atoms with E-state index in [2.05, 4.69) is 29.2 Å². The zero-order valence-corrected chi connectivity index (χ0v) is 12.4. The first-order valence-corrected chi connectivity index (χ1v) is 6.92. The first-order valence-electron chi connectivity index (χ1n) is 6.54. The molecule has 2 rings (SSSR count). The van der Waals surface area contributed by atoms with E-state index in [1.165, 1.54) is 6.07 Å². The summed E-state index contributed by atoms with van der Waals surface area (Å²) < 4.78 is 0. The van der Waals surface area contributed by atoms with Gasteiger partial charge in [0.25, 0.3) is 0 Å². The van der Waals surface area contributed by atoms with Crippen molar-refractivity contribution in [3.05, 3.63) is 33.3 Å². The topological polar surface area (TPSA) is 61.6 Å². The molecular formula is C13H19ClN4O2. The van der Waals surface area contributed by atoms with E-state index in [-0.39, 0.29) is 10.7 Å². The van der Waals surface area contributed by atoms with Crippen LogP contribution in [-0.4, -0.2) is 61.0 Å². The predicted octanol–water partition coefficient (Wildman–Crippen LogP) is 1.91. The third kappa shape index (κ3) is 3.39. The number of para-hydroxylation sites is 1. The summed E-state index contributed by atoms with van der Waals surface area (Å²) >= 11 is 5.90. The fourth-order valence-corrected chi connectivity index (χ4v) is 2.64. The Bertz CT molecular complexity index is 497. The summed E-state index contributed by atoms with van der Waals surface area (Å²) in [6.07, 6.45) is 0. The number of anilines is 1. The van der Waals surface area contributed by atoms with E-state index in [1.54, 1.807) is 12.1 Å². The molecule has 6 nitrogen and oxygen atoms in total. The van der Waals surface area contributed by atoms with Crippen LogP contribution in [0.3, 0.4) is 0 Å². The first kappa shape index (κ1) is 15.0. The summed E-state index contributed by atoms with van der Waals surface area (Å²) in [5.41, 5.74) is 0.421. The van der Waals surface area contributed by atoms with E-state index in [9.17, 15) is 10.1 Å². The lowest BCUT2D eigenvalue weighted by molar-refractivity contribution is -0.383. The van der Waals surface area contributed by atoms with Crippen LogP contribution in [-0.2, 0) is 0 Å². The van der Waals surface area contributed by atoms with Crippen LogP contribution < -0.4 is 5.32 Å². The Balaban J connectivity index is 2.07. The van der Waals surface area contributed by atoms with Crippen LogP contribution in [0.15, 0.2) is 18.2 Å². The average molecular weight is 299 g/mol. The Morgan fingerprint density at radius 1 is 1.45 bits per heavy atom. The third-order valence-electron chi connectivity index (χ3n) is 3.68. The summed E-state index contributed by atoms with van der Waals surface area (Å²) in [4.78, 5) is 15.2. The molecule has 20 heavy (non-hydrogen) atoms. The number of hydrogen-bond acceptors (Lipinski definition) is 5. The van der Waals surface area contributed by atoms with Gasteiger partial charge in [0.2, 0.25) is 0 Å². The average Bonchev–Trinajstić information content (AvgIpc) is 2.39. The smallest absolute Gasteiger partial charge is 0.310 e. The molecular weight excluding hydrogens is 280 g/mol. The molecule has 0 saturated carbocycles. The number of rotatable bonds is 4. The molecule has 0 aliphatic carbocycles. The molecule has 0 bridgehead atoms. The van der Waals surface area contributed by atoms with Gasteiger partial charge in [-0.25, -0.2) is 0 Å². The van der Waals surface area contributed by atoms with Gasteiger partial charge >= 0.3 is 5.69 Å². The SMILES string of the molecule is CN1CCN(C)C(CNc2cccc(Cl)c2[N+](=O)[O-])C1. The molecule has 1 heterocycles. The predicted molar refractivity (Wildman–Crippen MR) is 80.5 cm³/mol. The normalized spacial score (nSPS) is 20.9. The Morgan fingerprint density at radius 2 is 2.20 bits per heavy atom. The van der Waals surface area contributed by atoms with E-state index in [0.29, 0.717) is 18.3 Å². The number of benzene rings is 1. The van der Waals surface area contributed by atoms with Gasteiger partial charge < -0.3 is 10.2 Å². The molecule has 0 aromatic heterocycles. The second-order valence-electron chi connectivity index (χ2n) is 5.17. The number of nitrogens with one attached hydrogen (secondary N) is 1. The van der Waals surface area contributed by atoms with Crippen LogP contribution in [0.25, 0.3) is 0 Å². The molecule has 0 amide bonds. The minimum Gasteiger partial charge on any atom is -0.378 e. The van der Waals surface area contributed by atoms with Gasteiger partial charge in [0, 0.05) is 32.2 Å². The number of halogens is 1. The molecule has 1 aliphatic heterocycles. The summed E-state index contributed by atoms with van der Waals surface area (Å²) in [6, 6.07) is 5.27. The summed E-state index contributed by atoms with van der Waals surface area (Å²) in [5, 5.41) is 14.4. The number of nitro groups is 1. The molecule has 1 saturated heterocycles. The second-order valence-corrected chi connectivity index (χ2v) is 5.58. The highest BCUT2D eigenvalue weighted by Crippen LogP contribution is 2.32. The zero-order valence-electron chi connectivity index (χ0n) is 11.7. The lowest BCUT2D eigenvalue weighted by atomic mass is 10.1. The minimum atomic E-state index is -0.443. The number of likely N-dealkylation sites (N-methyl/N-ethyl adjacent to an activating group) is 2. The quantitative estimate of drug-likeness (QED) is 0.679. The molecule has 1 fully saturated rings. The van der Waals surface area contributed by atoms with Crippen molar-refractivity contribution in [3.63, 3.8) is 0 Å². The van der Waals surface area contributed by atoms with Crippen LogP contribution in [0.2, 0.25) is 5.02 Å². The molecule has 1 aromatic carbocycles. The highest BCUT2D eigenvalue weighted by molar-refractivity contribution is 6.33. The van der Waals surface area contributed by atoms with Crippen LogP contribution >= 0.6 is 11.6 Å². The zero-order chi connectivity index (χ0) is 14.7. The summed E-state index contributed by atoms with van der Waals surface area (Å²) in [6.45, 7) is 3.64. The van der Waals surface area contributed by atoms with E-state index >= 15 is 0 Å². The van der Waals surface area contributed by atoms with Gasteiger partial charge in [0.05, 0.1) is 4.92 Å². The maximum Gasteiger partial charge on any atom is 0.310 e. The van der Waals surface area contributed by atoms with Crippen molar-refractivity contribution in [1.82, 2.24) is 9.80 Å². The van der Waals surface area contributed by atoms with Crippen LogP contribution in [0.5, 0.6) is 0 Å². The fourth-order valence-electron chi connectivity index (χ4n) is 2.39. The lowest BCUT2D eigenvalue weighted by Gasteiger charge is -2.37. The third-order valence-corrected chi connectivity index (χ3v) is 3.98. The molecule has 1 N–H and O–H groups in total. The molecule has 1 aromatic rings. The Kier molecular flexibility index (Phi) is 4.80. The van der Waals surface area contributed by atoms with Crippen molar-refractivity contribution in [1.29, 1.82) is 0 Å². The van der Waals surface area contributed by atoms with Crippen molar-refractivity contribution < 1.29 is 4.92 Å². The number of piperazine rings is 1. The fraction of sp³-hybridized carbons (Fsp3) is 0.538. The Hall–Kier alpha value is -1.37. The Morgan fingerprint density at radius 3 is 2.90 bits per heavy atom. The van der Waals surface area contributed by atoms with E-state index in [4.69, 9.17) is 11.6 Å². The molecule has 1 atom stereocenters. The monoisotopic (exact) mass is 298 g/mol. The highest BCUT2D eigenvalue weighted by atomic mass is 35.5. The molecule has 1 unspecified atom stereocenters. The standard InChI is InChI=1S/C13H19ClN4O2/c1-16-6-7-17(2)10(9-16)8-15-12-5-3-4-11(14)13(12)18(19)20/h3-5,10,15H,6-9H2,1-2H3. The first-order chi connectivity index (χ1) is 9.49. The van der Waals surface area contributed by atoms with E-state index in [0.717, 1.165) is 19.6 Å². The van der Waals surface area contributed by atoms with Crippen molar-refractivity contribution in [2.75, 3.05) is 45.6 Å². The number of nitro benzene ring substituents is 1.